The molecule has 7 nitrogen and oxygen atoms in total. The molecule has 0 amide bonds. The minimum atomic E-state index is -4.82. The zero-order valence-electron chi connectivity index (χ0n) is 14.3. The number of alkyl halides is 3. The summed E-state index contributed by atoms with van der Waals surface area (Å²) in [6.07, 6.45) is -4.49. The normalized spacial score (nSPS) is 18.3. The van der Waals surface area contributed by atoms with E-state index in [2.05, 4.69) is 14.8 Å². The lowest BCUT2D eigenvalue weighted by molar-refractivity contribution is -0.137. The van der Waals surface area contributed by atoms with E-state index in [0.717, 1.165) is 26.1 Å². The molecular weight excluding hydrogens is 413 g/mol. The summed E-state index contributed by atoms with van der Waals surface area (Å²) in [7, 11) is -3.29. The molecule has 2 rings (SSSR count). The van der Waals surface area contributed by atoms with E-state index in [1.807, 2.05) is 0 Å². The number of sulfonamides is 1. The van der Waals surface area contributed by atoms with E-state index in [9.17, 15) is 26.4 Å². The fraction of sp³-hybridized carbons (Fsp3) is 0.533. The first-order chi connectivity index (χ1) is 12.1. The second-order valence-electron chi connectivity index (χ2n) is 5.64. The number of halogens is 4. The number of nitrogens with one attached hydrogen (secondary N) is 2. The Morgan fingerprint density at radius 1 is 1.37 bits per heavy atom. The first-order valence-electron chi connectivity index (χ1n) is 7.76. The lowest BCUT2D eigenvalue weighted by Crippen LogP contribution is -2.38. The van der Waals surface area contributed by atoms with Crippen molar-refractivity contribution in [2.75, 3.05) is 33.4 Å². The number of methoxy groups -OCH3 is 1. The van der Waals surface area contributed by atoms with Gasteiger partial charge in [-0.3, -0.25) is 0 Å². The van der Waals surface area contributed by atoms with Gasteiger partial charge in [-0.05, 0) is 31.2 Å². The Labute approximate surface area is 161 Å². The lowest BCUT2D eigenvalue weighted by Gasteiger charge is -2.17. The van der Waals surface area contributed by atoms with Crippen LogP contribution in [0.3, 0.4) is 0 Å². The van der Waals surface area contributed by atoms with E-state index in [1.54, 1.807) is 0 Å². The Hall–Kier alpha value is -1.40. The lowest BCUT2D eigenvalue weighted by atomic mass is 10.1. The van der Waals surface area contributed by atoms with E-state index in [0.29, 0.717) is 25.3 Å². The molecule has 1 aromatic rings. The number of benzene rings is 1. The van der Waals surface area contributed by atoms with Crippen molar-refractivity contribution in [1.29, 1.82) is 0 Å². The average Bonchev–Trinajstić information content (AvgIpc) is 2.87. The van der Waals surface area contributed by atoms with Crippen LogP contribution in [0.5, 0.6) is 0 Å². The standard InChI is InChI=1S/C15H19F3N2O5S.ClH/c1-24-14(21)10-5-11(15(16,17)18)7-13(6-10)26(22,23)20-9-12-8-19-3-2-4-25-12;/h5-7,12,19-20H,2-4,8-9H2,1H3;1H. The Morgan fingerprint density at radius 2 is 2.07 bits per heavy atom. The molecule has 2 N–H and O–H groups in total. The highest BCUT2D eigenvalue weighted by Crippen LogP contribution is 2.32. The van der Waals surface area contributed by atoms with Crippen molar-refractivity contribution in [2.24, 2.45) is 0 Å². The highest BCUT2D eigenvalue weighted by atomic mass is 35.5. The minimum Gasteiger partial charge on any atom is -0.465 e. The smallest absolute Gasteiger partial charge is 0.416 e. The largest absolute Gasteiger partial charge is 0.465 e. The van der Waals surface area contributed by atoms with Crippen molar-refractivity contribution < 1.29 is 35.9 Å². The Morgan fingerprint density at radius 3 is 2.70 bits per heavy atom. The SMILES string of the molecule is COC(=O)c1cc(C(F)(F)F)cc(S(=O)(=O)NCC2CNCCCO2)c1.Cl. The Bertz CT molecular complexity index is 750. The van der Waals surface area contributed by atoms with E-state index >= 15 is 0 Å². The molecule has 0 saturated carbocycles. The van der Waals surface area contributed by atoms with Gasteiger partial charge in [-0.25, -0.2) is 17.9 Å². The second-order valence-corrected chi connectivity index (χ2v) is 7.40. The van der Waals surface area contributed by atoms with Gasteiger partial charge in [0.05, 0.1) is 29.2 Å². The molecule has 27 heavy (non-hydrogen) atoms. The topological polar surface area (TPSA) is 93.7 Å². The molecule has 0 spiro atoms. The van der Waals surface area contributed by atoms with Gasteiger partial charge in [0.15, 0.2) is 0 Å². The Kier molecular flexibility index (Phi) is 8.48. The minimum absolute atomic E-state index is 0. The summed E-state index contributed by atoms with van der Waals surface area (Å²) in [6, 6.07) is 1.86. The van der Waals surface area contributed by atoms with Crippen LogP contribution in [-0.4, -0.2) is 53.8 Å². The molecule has 12 heteroatoms. The van der Waals surface area contributed by atoms with Crippen molar-refractivity contribution in [2.45, 2.75) is 23.6 Å². The molecule has 0 aromatic heterocycles. The zero-order valence-corrected chi connectivity index (χ0v) is 16.0. The van der Waals surface area contributed by atoms with Gasteiger partial charge >= 0.3 is 12.1 Å². The molecule has 1 saturated heterocycles. The van der Waals surface area contributed by atoms with Gasteiger partial charge < -0.3 is 14.8 Å². The molecule has 0 bridgehead atoms. The van der Waals surface area contributed by atoms with Crippen molar-refractivity contribution >= 4 is 28.4 Å². The number of carbonyl (C=O) groups is 1. The summed E-state index contributed by atoms with van der Waals surface area (Å²) >= 11 is 0. The predicted octanol–water partition coefficient (Wildman–Crippen LogP) is 1.57. The molecule has 1 aromatic carbocycles. The summed E-state index contributed by atoms with van der Waals surface area (Å²) in [5.74, 6) is -1.07. The maximum atomic E-state index is 13.0. The van der Waals surface area contributed by atoms with Gasteiger partial charge in [-0.1, -0.05) is 0 Å². The van der Waals surface area contributed by atoms with Gasteiger partial charge in [0, 0.05) is 19.7 Å². The molecule has 1 atom stereocenters. The number of hydrogen-bond donors (Lipinski definition) is 2. The summed E-state index contributed by atoms with van der Waals surface area (Å²) in [5, 5.41) is 3.06. The van der Waals surface area contributed by atoms with Crippen LogP contribution in [0.4, 0.5) is 13.2 Å². The number of esters is 1. The van der Waals surface area contributed by atoms with Crippen LogP contribution in [0.1, 0.15) is 22.3 Å². The van der Waals surface area contributed by atoms with E-state index in [4.69, 9.17) is 4.74 Å². The average molecular weight is 433 g/mol. The van der Waals surface area contributed by atoms with Crippen molar-refractivity contribution in [3.63, 3.8) is 0 Å². The maximum absolute atomic E-state index is 13.0. The summed E-state index contributed by atoms with van der Waals surface area (Å²) in [6.45, 7) is 1.49. The number of rotatable bonds is 5. The van der Waals surface area contributed by atoms with Gasteiger partial charge in [-0.15, -0.1) is 12.4 Å². The van der Waals surface area contributed by atoms with Crippen LogP contribution >= 0.6 is 12.4 Å². The van der Waals surface area contributed by atoms with Gasteiger partial charge in [0.1, 0.15) is 0 Å². The number of carbonyl (C=O) groups excluding carboxylic acids is 1. The molecule has 154 valence electrons. The van der Waals surface area contributed by atoms with Gasteiger partial charge in [0.25, 0.3) is 0 Å². The van der Waals surface area contributed by atoms with Crippen LogP contribution in [-0.2, 0) is 25.7 Å². The van der Waals surface area contributed by atoms with E-state index in [1.165, 1.54) is 0 Å². The van der Waals surface area contributed by atoms with E-state index in [-0.39, 0.29) is 19.0 Å². The highest BCUT2D eigenvalue weighted by molar-refractivity contribution is 7.89. The summed E-state index contributed by atoms with van der Waals surface area (Å²) < 4.78 is 75.9. The maximum Gasteiger partial charge on any atom is 0.416 e. The monoisotopic (exact) mass is 432 g/mol. The number of ether oxygens (including phenoxy) is 2. The third kappa shape index (κ3) is 6.61. The molecule has 0 aliphatic carbocycles. The van der Waals surface area contributed by atoms with Crippen LogP contribution in [0.25, 0.3) is 0 Å². The highest BCUT2D eigenvalue weighted by Gasteiger charge is 2.33. The van der Waals surface area contributed by atoms with Gasteiger partial charge in [-0.2, -0.15) is 13.2 Å². The van der Waals surface area contributed by atoms with Crippen molar-refractivity contribution in [3.05, 3.63) is 29.3 Å². The third-order valence-corrected chi connectivity index (χ3v) is 5.09. The molecule has 1 aliphatic heterocycles. The number of hydrogen-bond acceptors (Lipinski definition) is 6. The first-order valence-corrected chi connectivity index (χ1v) is 9.24. The van der Waals surface area contributed by atoms with Crippen LogP contribution < -0.4 is 10.0 Å². The molecule has 0 radical (unpaired) electrons. The van der Waals surface area contributed by atoms with Crippen molar-refractivity contribution in [3.8, 4) is 0 Å². The molecular formula is C15H20ClF3N2O5S. The van der Waals surface area contributed by atoms with E-state index < -0.39 is 44.3 Å². The summed E-state index contributed by atoms with van der Waals surface area (Å²) in [5.41, 5.74) is -1.76. The third-order valence-electron chi connectivity index (χ3n) is 3.69. The van der Waals surface area contributed by atoms with Crippen molar-refractivity contribution in [1.82, 2.24) is 10.0 Å². The fourth-order valence-corrected chi connectivity index (χ4v) is 3.48. The molecule has 1 fully saturated rings. The van der Waals surface area contributed by atoms with Crippen LogP contribution in [0.15, 0.2) is 23.1 Å². The fourth-order valence-electron chi connectivity index (χ4n) is 2.34. The van der Waals surface area contributed by atoms with Crippen LogP contribution in [0.2, 0.25) is 0 Å². The molecule has 1 aliphatic rings. The zero-order chi connectivity index (χ0) is 19.4. The molecule has 1 unspecified atom stereocenters. The molecule has 1 heterocycles. The van der Waals surface area contributed by atoms with Gasteiger partial charge in [0.2, 0.25) is 10.0 Å². The Balaban J connectivity index is 0.00000364. The summed E-state index contributed by atoms with van der Waals surface area (Å²) in [4.78, 5) is 10.9. The quantitative estimate of drug-likeness (QED) is 0.686. The predicted molar refractivity (Wildman–Crippen MR) is 92.4 cm³/mol. The first kappa shape index (κ1) is 23.6. The van der Waals surface area contributed by atoms with Crippen LogP contribution in [0, 0.1) is 0 Å². The second kappa shape index (κ2) is 9.69.